The quantitative estimate of drug-likeness (QED) is 0.731. The van der Waals surface area contributed by atoms with Gasteiger partial charge < -0.3 is 20.7 Å². The number of hydrogen-bond donors (Lipinski definition) is 2. The number of likely N-dealkylation sites (tertiary alicyclic amines) is 1. The molecule has 0 spiro atoms. The van der Waals surface area contributed by atoms with Gasteiger partial charge in [0.15, 0.2) is 5.82 Å². The first-order chi connectivity index (χ1) is 14.9. The van der Waals surface area contributed by atoms with E-state index in [1.165, 1.54) is 30.5 Å². The molecule has 2 unspecified atom stereocenters. The highest BCUT2D eigenvalue weighted by Gasteiger charge is 2.35. The third kappa shape index (κ3) is 4.77. The van der Waals surface area contributed by atoms with Crippen LogP contribution in [0.4, 0.5) is 20.7 Å². The van der Waals surface area contributed by atoms with Crippen LogP contribution >= 0.6 is 0 Å². The molecule has 2 aromatic rings. The molecular formula is C21H23FN6O3. The molecule has 1 saturated carbocycles. The second-order valence-electron chi connectivity index (χ2n) is 7.93. The normalized spacial score (nSPS) is 20.7. The fourth-order valence-electron chi connectivity index (χ4n) is 3.62. The van der Waals surface area contributed by atoms with E-state index in [-0.39, 0.29) is 29.8 Å². The molecule has 162 valence electrons. The third-order valence-electron chi connectivity index (χ3n) is 5.58. The highest BCUT2D eigenvalue weighted by molar-refractivity contribution is 5.98. The van der Waals surface area contributed by atoms with Crippen molar-refractivity contribution in [3.63, 3.8) is 0 Å². The van der Waals surface area contributed by atoms with Crippen molar-refractivity contribution in [3.8, 4) is 6.07 Å². The molecule has 2 amide bonds. The zero-order valence-corrected chi connectivity index (χ0v) is 16.8. The van der Waals surface area contributed by atoms with E-state index in [1.807, 2.05) is 0 Å². The number of nitrogens with one attached hydrogen (secondary N) is 1. The Labute approximate surface area is 178 Å². The Bertz CT molecular complexity index is 1010. The van der Waals surface area contributed by atoms with Gasteiger partial charge in [-0.05, 0) is 49.4 Å². The molecule has 2 aliphatic rings. The lowest BCUT2D eigenvalue weighted by molar-refractivity contribution is 0.0749. The summed E-state index contributed by atoms with van der Waals surface area (Å²) in [4.78, 5) is 25.7. The molecule has 3 N–H and O–H groups in total. The van der Waals surface area contributed by atoms with Crippen molar-refractivity contribution < 1.29 is 18.7 Å². The molecule has 9 nitrogen and oxygen atoms in total. The number of amides is 2. The number of halogens is 1. The van der Waals surface area contributed by atoms with Gasteiger partial charge in [-0.1, -0.05) is 0 Å². The minimum Gasteiger partial charge on any atom is -0.449 e. The second kappa shape index (κ2) is 8.63. The highest BCUT2D eigenvalue weighted by Crippen LogP contribution is 2.32. The Morgan fingerprint density at radius 2 is 2.03 bits per heavy atom. The topological polar surface area (TPSA) is 126 Å². The van der Waals surface area contributed by atoms with Gasteiger partial charge in [0.1, 0.15) is 11.4 Å². The molecule has 31 heavy (non-hydrogen) atoms. The summed E-state index contributed by atoms with van der Waals surface area (Å²) in [5.74, 6) is -0.892. The third-order valence-corrected chi connectivity index (χ3v) is 5.58. The standard InChI is InChI=1S/C21H23FN6O3/c22-15-3-5-16(6-4-15)25-20-17(19(24)29)11-28(26-20)18-7-8-27(10-14(18)9-23)21(30)31-12-13-1-2-13/h3-6,11,13-14,18H,1-2,7-8,10,12H2,(H2,24,29)(H,25,26). The number of nitrogens with zero attached hydrogens (tertiary/aromatic N) is 4. The summed E-state index contributed by atoms with van der Waals surface area (Å²) in [7, 11) is 0. The van der Waals surface area contributed by atoms with Crippen LogP contribution in [0.25, 0.3) is 0 Å². The summed E-state index contributed by atoms with van der Waals surface area (Å²) in [6.07, 6.45) is 3.76. The number of benzene rings is 1. The van der Waals surface area contributed by atoms with Crippen LogP contribution in [0.5, 0.6) is 0 Å². The van der Waals surface area contributed by atoms with Crippen LogP contribution in [0.15, 0.2) is 30.5 Å². The van der Waals surface area contributed by atoms with E-state index in [0.29, 0.717) is 31.2 Å². The van der Waals surface area contributed by atoms with Crippen molar-refractivity contribution in [2.45, 2.75) is 25.3 Å². The average Bonchev–Trinajstić information content (AvgIpc) is 3.51. The number of hydrogen-bond acceptors (Lipinski definition) is 6. The number of nitrogens with two attached hydrogens (primary N) is 1. The number of ether oxygens (including phenoxy) is 1. The Balaban J connectivity index is 1.49. The molecule has 2 heterocycles. The molecule has 4 rings (SSSR count). The SMILES string of the molecule is N#CC1CN(C(=O)OCC2CC2)CCC1n1cc(C(N)=O)c(Nc2ccc(F)cc2)n1. The minimum absolute atomic E-state index is 0.160. The molecule has 1 aliphatic carbocycles. The maximum Gasteiger partial charge on any atom is 0.409 e. The van der Waals surface area contributed by atoms with Crippen LogP contribution in [-0.2, 0) is 4.74 Å². The summed E-state index contributed by atoms with van der Waals surface area (Å²) in [5, 5.41) is 17.1. The van der Waals surface area contributed by atoms with Crippen molar-refractivity contribution in [2.75, 3.05) is 25.0 Å². The lowest BCUT2D eigenvalue weighted by Crippen LogP contribution is -2.44. The molecule has 1 aliphatic heterocycles. The predicted molar refractivity (Wildman–Crippen MR) is 109 cm³/mol. The van der Waals surface area contributed by atoms with Crippen molar-refractivity contribution in [1.82, 2.24) is 14.7 Å². The van der Waals surface area contributed by atoms with Gasteiger partial charge in [-0.2, -0.15) is 10.4 Å². The summed E-state index contributed by atoms with van der Waals surface area (Å²) < 4.78 is 20.0. The molecule has 0 radical (unpaired) electrons. The number of carbonyl (C=O) groups excluding carboxylic acids is 2. The van der Waals surface area contributed by atoms with Crippen LogP contribution in [0.1, 0.15) is 35.7 Å². The first kappa shape index (κ1) is 20.7. The number of rotatable bonds is 6. The largest absolute Gasteiger partial charge is 0.449 e. The average molecular weight is 426 g/mol. The Hall–Kier alpha value is -3.61. The van der Waals surface area contributed by atoms with E-state index >= 15 is 0 Å². The first-order valence-corrected chi connectivity index (χ1v) is 10.2. The van der Waals surface area contributed by atoms with Gasteiger partial charge >= 0.3 is 6.09 Å². The Morgan fingerprint density at radius 1 is 1.29 bits per heavy atom. The molecule has 1 aromatic carbocycles. The minimum atomic E-state index is -0.676. The number of piperidine rings is 1. The van der Waals surface area contributed by atoms with Crippen LogP contribution in [0.3, 0.4) is 0 Å². The number of aromatic nitrogens is 2. The van der Waals surface area contributed by atoms with Crippen molar-refractivity contribution >= 4 is 23.5 Å². The zero-order chi connectivity index (χ0) is 22.0. The van der Waals surface area contributed by atoms with Crippen molar-refractivity contribution in [2.24, 2.45) is 17.6 Å². The summed E-state index contributed by atoms with van der Waals surface area (Å²) in [5.41, 5.74) is 6.20. The Morgan fingerprint density at radius 3 is 2.68 bits per heavy atom. The van der Waals surface area contributed by atoms with E-state index in [0.717, 1.165) is 12.8 Å². The van der Waals surface area contributed by atoms with Gasteiger partial charge in [0, 0.05) is 25.0 Å². The molecule has 2 fully saturated rings. The molecule has 10 heteroatoms. The monoisotopic (exact) mass is 426 g/mol. The first-order valence-electron chi connectivity index (χ1n) is 10.2. The van der Waals surface area contributed by atoms with Gasteiger partial charge in [-0.3, -0.25) is 9.48 Å². The van der Waals surface area contributed by atoms with Gasteiger partial charge in [-0.25, -0.2) is 9.18 Å². The maximum atomic E-state index is 13.2. The predicted octanol–water partition coefficient (Wildman–Crippen LogP) is 2.80. The van der Waals surface area contributed by atoms with Crippen molar-refractivity contribution in [3.05, 3.63) is 41.8 Å². The summed E-state index contributed by atoms with van der Waals surface area (Å²) in [6.45, 7) is 1.06. The lowest BCUT2D eigenvalue weighted by atomic mass is 9.94. The number of nitriles is 1. The maximum absolute atomic E-state index is 13.2. The summed E-state index contributed by atoms with van der Waals surface area (Å²) in [6, 6.07) is 7.51. The number of carbonyl (C=O) groups is 2. The lowest BCUT2D eigenvalue weighted by Gasteiger charge is -2.34. The van der Waals surface area contributed by atoms with Gasteiger partial charge in [-0.15, -0.1) is 0 Å². The van der Waals surface area contributed by atoms with Gasteiger partial charge in [0.2, 0.25) is 0 Å². The molecule has 1 aromatic heterocycles. The van der Waals surface area contributed by atoms with E-state index in [2.05, 4.69) is 16.5 Å². The number of primary amides is 1. The fourth-order valence-corrected chi connectivity index (χ4v) is 3.62. The van der Waals surface area contributed by atoms with Crippen molar-refractivity contribution in [1.29, 1.82) is 5.26 Å². The van der Waals surface area contributed by atoms with Crippen LogP contribution < -0.4 is 11.1 Å². The molecule has 2 atom stereocenters. The van der Waals surface area contributed by atoms with E-state index in [9.17, 15) is 19.2 Å². The van der Waals surface area contributed by atoms with Crippen LogP contribution in [0, 0.1) is 29.0 Å². The molecular weight excluding hydrogens is 403 g/mol. The van der Waals surface area contributed by atoms with E-state index in [1.54, 1.807) is 9.58 Å². The molecule has 0 bridgehead atoms. The smallest absolute Gasteiger partial charge is 0.409 e. The summed E-state index contributed by atoms with van der Waals surface area (Å²) >= 11 is 0. The van der Waals surface area contributed by atoms with Crippen LogP contribution in [-0.4, -0.2) is 46.4 Å². The number of anilines is 2. The fraction of sp³-hybridized carbons (Fsp3) is 0.429. The highest BCUT2D eigenvalue weighted by atomic mass is 19.1. The van der Waals surface area contributed by atoms with E-state index < -0.39 is 17.9 Å². The Kier molecular flexibility index (Phi) is 5.75. The zero-order valence-electron chi connectivity index (χ0n) is 16.8. The van der Waals surface area contributed by atoms with Gasteiger partial charge in [0.05, 0.1) is 24.6 Å². The molecule has 1 saturated heterocycles. The van der Waals surface area contributed by atoms with Crippen LogP contribution in [0.2, 0.25) is 0 Å². The second-order valence-corrected chi connectivity index (χ2v) is 7.93. The van der Waals surface area contributed by atoms with Gasteiger partial charge in [0.25, 0.3) is 5.91 Å². The van der Waals surface area contributed by atoms with E-state index in [4.69, 9.17) is 10.5 Å².